The summed E-state index contributed by atoms with van der Waals surface area (Å²) in [7, 11) is 0. The fourth-order valence-corrected chi connectivity index (χ4v) is 1.67. The number of phenols is 1. The van der Waals surface area contributed by atoms with E-state index in [1.165, 1.54) is 18.4 Å². The molecule has 2 rings (SSSR count). The van der Waals surface area contributed by atoms with E-state index >= 15 is 0 Å². The Morgan fingerprint density at radius 1 is 1.33 bits per heavy atom. The van der Waals surface area contributed by atoms with E-state index in [2.05, 4.69) is 5.32 Å². The van der Waals surface area contributed by atoms with Gasteiger partial charge in [0.2, 0.25) is 0 Å². The summed E-state index contributed by atoms with van der Waals surface area (Å²) in [5.74, 6) is -0.313. The van der Waals surface area contributed by atoms with Crippen molar-refractivity contribution >= 4 is 5.97 Å². The average molecular weight is 247 g/mol. The highest BCUT2D eigenvalue weighted by Crippen LogP contribution is 2.19. The van der Waals surface area contributed by atoms with E-state index in [-0.39, 0.29) is 5.75 Å². The molecule has 0 spiro atoms. The van der Waals surface area contributed by atoms with Crippen LogP contribution in [0.1, 0.15) is 17.4 Å². The number of carboxylic acid groups (broad SMARTS) is 1. The molecule has 18 heavy (non-hydrogen) atoms. The molecule has 0 saturated heterocycles. The SMILES string of the molecule is O=C(O)C(NCc1ccco1)c1cccc(O)c1. The van der Waals surface area contributed by atoms with Crippen molar-refractivity contribution in [2.75, 3.05) is 0 Å². The number of nitrogens with one attached hydrogen (secondary N) is 1. The van der Waals surface area contributed by atoms with Gasteiger partial charge in [-0.25, -0.2) is 0 Å². The van der Waals surface area contributed by atoms with Crippen LogP contribution in [0.3, 0.4) is 0 Å². The van der Waals surface area contributed by atoms with Crippen molar-refractivity contribution in [1.82, 2.24) is 5.32 Å². The smallest absolute Gasteiger partial charge is 0.325 e. The van der Waals surface area contributed by atoms with Crippen molar-refractivity contribution in [3.05, 3.63) is 54.0 Å². The van der Waals surface area contributed by atoms with Crippen LogP contribution < -0.4 is 5.32 Å². The maximum absolute atomic E-state index is 11.2. The van der Waals surface area contributed by atoms with E-state index in [1.807, 2.05) is 0 Å². The standard InChI is InChI=1S/C13H13NO4/c15-10-4-1-3-9(7-10)12(13(16)17)14-8-11-5-2-6-18-11/h1-7,12,14-15H,8H2,(H,16,17). The summed E-state index contributed by atoms with van der Waals surface area (Å²) >= 11 is 0. The summed E-state index contributed by atoms with van der Waals surface area (Å²) in [6, 6.07) is 8.78. The number of carboxylic acids is 1. The second-order valence-electron chi connectivity index (χ2n) is 3.83. The van der Waals surface area contributed by atoms with Crippen LogP contribution in [0.25, 0.3) is 0 Å². The molecule has 0 aliphatic heterocycles. The van der Waals surface area contributed by atoms with Crippen molar-refractivity contribution in [2.45, 2.75) is 12.6 Å². The third kappa shape index (κ3) is 2.89. The quantitative estimate of drug-likeness (QED) is 0.751. The molecule has 0 amide bonds. The van der Waals surface area contributed by atoms with Gasteiger partial charge in [-0.3, -0.25) is 10.1 Å². The lowest BCUT2D eigenvalue weighted by Crippen LogP contribution is -2.27. The van der Waals surface area contributed by atoms with E-state index in [9.17, 15) is 15.0 Å². The third-order valence-electron chi connectivity index (χ3n) is 2.51. The summed E-state index contributed by atoms with van der Waals surface area (Å²) < 4.78 is 5.12. The minimum Gasteiger partial charge on any atom is -0.508 e. The maximum atomic E-state index is 11.2. The van der Waals surface area contributed by atoms with Gasteiger partial charge in [0, 0.05) is 0 Å². The van der Waals surface area contributed by atoms with Crippen LogP contribution >= 0.6 is 0 Å². The average Bonchev–Trinajstić information content (AvgIpc) is 2.82. The van der Waals surface area contributed by atoms with Crippen LogP contribution in [0.2, 0.25) is 0 Å². The summed E-state index contributed by atoms with van der Waals surface area (Å²) in [6.45, 7) is 0.305. The lowest BCUT2D eigenvalue weighted by atomic mass is 10.1. The molecule has 1 heterocycles. The molecular weight excluding hydrogens is 234 g/mol. The highest BCUT2D eigenvalue weighted by molar-refractivity contribution is 5.75. The summed E-state index contributed by atoms with van der Waals surface area (Å²) in [4.78, 5) is 11.2. The Hall–Kier alpha value is -2.27. The molecule has 5 heteroatoms. The van der Waals surface area contributed by atoms with Crippen molar-refractivity contribution < 1.29 is 19.4 Å². The molecule has 0 bridgehead atoms. The van der Waals surface area contributed by atoms with E-state index in [1.54, 1.807) is 24.3 Å². The molecule has 3 N–H and O–H groups in total. The van der Waals surface area contributed by atoms with Gasteiger partial charge >= 0.3 is 5.97 Å². The Labute approximate surface area is 104 Å². The predicted molar refractivity (Wildman–Crippen MR) is 64.0 cm³/mol. The van der Waals surface area contributed by atoms with Crippen LogP contribution in [0.5, 0.6) is 5.75 Å². The zero-order valence-electron chi connectivity index (χ0n) is 9.54. The first-order chi connectivity index (χ1) is 8.66. The van der Waals surface area contributed by atoms with Crippen LogP contribution in [-0.4, -0.2) is 16.2 Å². The van der Waals surface area contributed by atoms with Crippen LogP contribution in [-0.2, 0) is 11.3 Å². The minimum atomic E-state index is -1.01. The normalized spacial score (nSPS) is 12.2. The fraction of sp³-hybridized carbons (Fsp3) is 0.154. The fourth-order valence-electron chi connectivity index (χ4n) is 1.67. The number of carbonyl (C=O) groups is 1. The second-order valence-corrected chi connectivity index (χ2v) is 3.83. The zero-order chi connectivity index (χ0) is 13.0. The lowest BCUT2D eigenvalue weighted by Gasteiger charge is -2.14. The number of benzene rings is 1. The molecule has 5 nitrogen and oxygen atoms in total. The van der Waals surface area contributed by atoms with Crippen molar-refractivity contribution in [2.24, 2.45) is 0 Å². The summed E-state index contributed by atoms with van der Waals surface area (Å²) in [5, 5.41) is 21.4. The molecule has 2 aromatic rings. The van der Waals surface area contributed by atoms with E-state index in [0.717, 1.165) is 0 Å². The molecule has 1 unspecified atom stereocenters. The Morgan fingerprint density at radius 3 is 2.78 bits per heavy atom. The number of hydrogen-bond acceptors (Lipinski definition) is 4. The van der Waals surface area contributed by atoms with Gasteiger partial charge in [0.05, 0.1) is 12.8 Å². The number of phenolic OH excluding ortho intramolecular Hbond substituents is 1. The molecule has 0 radical (unpaired) electrons. The molecule has 0 aliphatic rings. The van der Waals surface area contributed by atoms with Crippen LogP contribution in [0.4, 0.5) is 0 Å². The van der Waals surface area contributed by atoms with Gasteiger partial charge in [-0.05, 0) is 29.8 Å². The number of furan rings is 1. The van der Waals surface area contributed by atoms with E-state index in [4.69, 9.17) is 4.42 Å². The molecule has 0 saturated carbocycles. The Balaban J connectivity index is 2.11. The number of aliphatic carboxylic acids is 1. The Bertz CT molecular complexity index is 522. The van der Waals surface area contributed by atoms with E-state index < -0.39 is 12.0 Å². The lowest BCUT2D eigenvalue weighted by molar-refractivity contribution is -0.139. The van der Waals surface area contributed by atoms with Crippen LogP contribution in [0.15, 0.2) is 47.1 Å². The Morgan fingerprint density at radius 2 is 2.17 bits per heavy atom. The van der Waals surface area contributed by atoms with Crippen molar-refractivity contribution in [1.29, 1.82) is 0 Å². The number of aromatic hydroxyl groups is 1. The van der Waals surface area contributed by atoms with Gasteiger partial charge in [0.15, 0.2) is 0 Å². The monoisotopic (exact) mass is 247 g/mol. The van der Waals surface area contributed by atoms with Crippen molar-refractivity contribution in [3.63, 3.8) is 0 Å². The first-order valence-corrected chi connectivity index (χ1v) is 5.44. The molecule has 1 aromatic carbocycles. The summed E-state index contributed by atoms with van der Waals surface area (Å²) in [5.41, 5.74) is 0.494. The predicted octanol–water partition coefficient (Wildman–Crippen LogP) is 1.90. The van der Waals surface area contributed by atoms with Crippen LogP contribution in [0, 0.1) is 0 Å². The number of rotatable bonds is 5. The van der Waals surface area contributed by atoms with Gasteiger partial charge in [0.1, 0.15) is 17.6 Å². The Kier molecular flexibility index (Phi) is 3.64. The van der Waals surface area contributed by atoms with E-state index in [0.29, 0.717) is 17.9 Å². The molecule has 1 atom stereocenters. The molecule has 0 aliphatic carbocycles. The van der Waals surface area contributed by atoms with Crippen molar-refractivity contribution in [3.8, 4) is 5.75 Å². The zero-order valence-corrected chi connectivity index (χ0v) is 9.54. The highest BCUT2D eigenvalue weighted by Gasteiger charge is 2.19. The van der Waals surface area contributed by atoms with Gasteiger partial charge in [0.25, 0.3) is 0 Å². The maximum Gasteiger partial charge on any atom is 0.325 e. The van der Waals surface area contributed by atoms with Gasteiger partial charge in [-0.2, -0.15) is 0 Å². The molecular formula is C13H13NO4. The molecule has 0 fully saturated rings. The highest BCUT2D eigenvalue weighted by atomic mass is 16.4. The minimum absolute atomic E-state index is 0.0403. The van der Waals surface area contributed by atoms with Gasteiger partial charge < -0.3 is 14.6 Å². The molecule has 94 valence electrons. The first-order valence-electron chi connectivity index (χ1n) is 5.44. The summed E-state index contributed by atoms with van der Waals surface area (Å²) in [6.07, 6.45) is 1.53. The topological polar surface area (TPSA) is 82.7 Å². The second kappa shape index (κ2) is 5.37. The number of hydrogen-bond donors (Lipinski definition) is 3. The largest absolute Gasteiger partial charge is 0.508 e. The first kappa shape index (κ1) is 12.2. The van der Waals surface area contributed by atoms with Gasteiger partial charge in [-0.1, -0.05) is 12.1 Å². The van der Waals surface area contributed by atoms with Gasteiger partial charge in [-0.15, -0.1) is 0 Å². The molecule has 1 aromatic heterocycles. The third-order valence-corrected chi connectivity index (χ3v) is 2.51.